The molecule has 0 fully saturated rings. The Labute approximate surface area is 138 Å². The smallest absolute Gasteiger partial charge is 0.260 e. The fraction of sp³-hybridized carbons (Fsp3) is 0.353. The van der Waals surface area contributed by atoms with E-state index in [-0.39, 0.29) is 18.9 Å². The van der Waals surface area contributed by atoms with Gasteiger partial charge in [0, 0.05) is 0 Å². The third kappa shape index (κ3) is 3.56. The van der Waals surface area contributed by atoms with Gasteiger partial charge in [-0.1, -0.05) is 6.92 Å². The van der Waals surface area contributed by atoms with Gasteiger partial charge in [0.05, 0.1) is 32.6 Å². The van der Waals surface area contributed by atoms with E-state index in [1.165, 1.54) is 18.3 Å². The zero-order valence-corrected chi connectivity index (χ0v) is 13.5. The summed E-state index contributed by atoms with van der Waals surface area (Å²) in [6.45, 7) is 1.42. The lowest BCUT2D eigenvalue weighted by Gasteiger charge is -2.29. The third-order valence-corrected chi connectivity index (χ3v) is 3.78. The molecule has 2 aromatic rings. The molecule has 0 spiro atoms. The molecule has 0 saturated heterocycles. The molecule has 0 aliphatic rings. The van der Waals surface area contributed by atoms with Crippen molar-refractivity contribution in [1.29, 1.82) is 0 Å². The summed E-state index contributed by atoms with van der Waals surface area (Å²) >= 11 is 0. The van der Waals surface area contributed by atoms with Crippen LogP contribution in [0.5, 0.6) is 5.75 Å². The Morgan fingerprint density at radius 2 is 2.12 bits per heavy atom. The number of aliphatic hydroxyl groups is 1. The topological polar surface area (TPSA) is 62.9 Å². The van der Waals surface area contributed by atoms with E-state index in [9.17, 15) is 18.7 Å². The summed E-state index contributed by atoms with van der Waals surface area (Å²) in [5.74, 6) is -2.72. The fourth-order valence-corrected chi connectivity index (χ4v) is 2.42. The van der Waals surface area contributed by atoms with E-state index in [0.29, 0.717) is 12.2 Å². The SMILES string of the molecule is CCC(CO)N(Cc1ccco1)C(=O)c1c(F)ccc(OC)c1F. The predicted octanol–water partition coefficient (Wildman–Crippen LogP) is 2.98. The Balaban J connectivity index is 2.44. The van der Waals surface area contributed by atoms with Crippen molar-refractivity contribution >= 4 is 5.91 Å². The van der Waals surface area contributed by atoms with Crippen LogP contribution in [-0.4, -0.2) is 35.7 Å². The van der Waals surface area contributed by atoms with Crippen molar-refractivity contribution in [3.63, 3.8) is 0 Å². The van der Waals surface area contributed by atoms with Crippen LogP contribution in [0.2, 0.25) is 0 Å². The average Bonchev–Trinajstić information content (AvgIpc) is 3.08. The molecule has 24 heavy (non-hydrogen) atoms. The van der Waals surface area contributed by atoms with E-state index < -0.39 is 29.1 Å². The summed E-state index contributed by atoms with van der Waals surface area (Å²) in [4.78, 5) is 14.0. The van der Waals surface area contributed by atoms with E-state index in [1.54, 1.807) is 19.1 Å². The molecule has 1 unspecified atom stereocenters. The van der Waals surface area contributed by atoms with Crippen LogP contribution in [-0.2, 0) is 6.54 Å². The highest BCUT2D eigenvalue weighted by Crippen LogP contribution is 2.26. The minimum absolute atomic E-state index is 0.0129. The largest absolute Gasteiger partial charge is 0.494 e. The second-order valence-corrected chi connectivity index (χ2v) is 5.20. The van der Waals surface area contributed by atoms with Crippen LogP contribution < -0.4 is 4.74 Å². The van der Waals surface area contributed by atoms with Gasteiger partial charge in [0.1, 0.15) is 17.1 Å². The van der Waals surface area contributed by atoms with Gasteiger partial charge in [-0.2, -0.15) is 0 Å². The maximum absolute atomic E-state index is 14.4. The number of hydrogen-bond acceptors (Lipinski definition) is 4. The monoisotopic (exact) mass is 339 g/mol. The van der Waals surface area contributed by atoms with Crippen molar-refractivity contribution < 1.29 is 27.8 Å². The Morgan fingerprint density at radius 3 is 2.67 bits per heavy atom. The Morgan fingerprint density at radius 1 is 1.38 bits per heavy atom. The van der Waals surface area contributed by atoms with Crippen LogP contribution in [0, 0.1) is 11.6 Å². The highest BCUT2D eigenvalue weighted by molar-refractivity contribution is 5.95. The lowest BCUT2D eigenvalue weighted by molar-refractivity contribution is 0.0534. The van der Waals surface area contributed by atoms with E-state index in [2.05, 4.69) is 0 Å². The summed E-state index contributed by atoms with van der Waals surface area (Å²) < 4.78 is 38.5. The minimum atomic E-state index is -1.07. The highest BCUT2D eigenvalue weighted by Gasteiger charge is 2.30. The van der Waals surface area contributed by atoms with Crippen molar-refractivity contribution in [2.75, 3.05) is 13.7 Å². The number of aliphatic hydroxyl groups excluding tert-OH is 1. The first-order valence-corrected chi connectivity index (χ1v) is 7.49. The summed E-state index contributed by atoms with van der Waals surface area (Å²) in [5.41, 5.74) is -0.715. The number of ether oxygens (including phenoxy) is 1. The van der Waals surface area contributed by atoms with Crippen molar-refractivity contribution in [2.45, 2.75) is 25.9 Å². The zero-order valence-electron chi connectivity index (χ0n) is 13.5. The van der Waals surface area contributed by atoms with Crippen LogP contribution in [0.3, 0.4) is 0 Å². The van der Waals surface area contributed by atoms with Crippen LogP contribution in [0.4, 0.5) is 8.78 Å². The lowest BCUT2D eigenvalue weighted by atomic mass is 10.1. The predicted molar refractivity (Wildman–Crippen MR) is 82.7 cm³/mol. The lowest BCUT2D eigenvalue weighted by Crippen LogP contribution is -2.42. The van der Waals surface area contributed by atoms with E-state index in [1.807, 2.05) is 0 Å². The van der Waals surface area contributed by atoms with Gasteiger partial charge in [-0.15, -0.1) is 0 Å². The molecule has 1 aromatic carbocycles. The summed E-state index contributed by atoms with van der Waals surface area (Å²) in [6, 6.07) is 4.77. The number of nitrogens with zero attached hydrogens (tertiary/aromatic N) is 1. The number of amides is 1. The second kappa shape index (κ2) is 7.92. The number of furan rings is 1. The molecular formula is C17H19F2NO4. The Bertz CT molecular complexity index is 684. The molecule has 0 radical (unpaired) electrons. The average molecular weight is 339 g/mol. The van der Waals surface area contributed by atoms with Gasteiger partial charge in [-0.05, 0) is 30.7 Å². The molecule has 5 nitrogen and oxygen atoms in total. The van der Waals surface area contributed by atoms with Crippen LogP contribution >= 0.6 is 0 Å². The second-order valence-electron chi connectivity index (χ2n) is 5.20. The van der Waals surface area contributed by atoms with E-state index >= 15 is 0 Å². The van der Waals surface area contributed by atoms with Gasteiger partial charge in [0.15, 0.2) is 11.6 Å². The molecule has 0 aliphatic carbocycles. The summed E-state index contributed by atoms with van der Waals surface area (Å²) in [6.07, 6.45) is 1.85. The van der Waals surface area contributed by atoms with Crippen LogP contribution in [0.1, 0.15) is 29.5 Å². The Hall–Kier alpha value is -2.41. The molecule has 1 N–H and O–H groups in total. The molecule has 0 saturated carbocycles. The normalized spacial score (nSPS) is 12.0. The Kier molecular flexibility index (Phi) is 5.92. The number of hydrogen-bond donors (Lipinski definition) is 1. The summed E-state index contributed by atoms with van der Waals surface area (Å²) in [7, 11) is 1.23. The number of methoxy groups -OCH3 is 1. The van der Waals surface area contributed by atoms with Gasteiger partial charge in [-0.25, -0.2) is 8.78 Å². The molecule has 2 rings (SSSR count). The first-order valence-electron chi connectivity index (χ1n) is 7.49. The molecule has 130 valence electrons. The zero-order chi connectivity index (χ0) is 17.7. The molecule has 0 aliphatic heterocycles. The molecular weight excluding hydrogens is 320 g/mol. The quantitative estimate of drug-likeness (QED) is 0.842. The minimum Gasteiger partial charge on any atom is -0.494 e. The van der Waals surface area contributed by atoms with Crippen LogP contribution in [0.25, 0.3) is 0 Å². The fourth-order valence-electron chi connectivity index (χ4n) is 2.42. The number of halogens is 2. The molecule has 1 heterocycles. The van der Waals surface area contributed by atoms with E-state index in [4.69, 9.17) is 9.15 Å². The molecule has 1 aromatic heterocycles. The van der Waals surface area contributed by atoms with Crippen molar-refractivity contribution in [1.82, 2.24) is 4.90 Å². The highest BCUT2D eigenvalue weighted by atomic mass is 19.1. The molecule has 7 heteroatoms. The number of carbonyl (C=O) groups is 1. The maximum atomic E-state index is 14.4. The standard InChI is InChI=1S/C17H19F2NO4/c1-3-11(10-21)20(9-12-5-4-8-24-12)17(22)15-13(18)6-7-14(23-2)16(15)19/h4-8,11,21H,3,9-10H2,1-2H3. The first-order chi connectivity index (χ1) is 11.5. The molecule has 1 amide bonds. The summed E-state index contributed by atoms with van der Waals surface area (Å²) in [5, 5.41) is 9.52. The van der Waals surface area contributed by atoms with Crippen molar-refractivity contribution in [2.24, 2.45) is 0 Å². The molecule has 1 atom stereocenters. The number of carbonyl (C=O) groups excluding carboxylic acids is 1. The van der Waals surface area contributed by atoms with Gasteiger partial charge in [0.25, 0.3) is 5.91 Å². The number of benzene rings is 1. The van der Waals surface area contributed by atoms with Gasteiger partial charge < -0.3 is 19.2 Å². The van der Waals surface area contributed by atoms with Crippen molar-refractivity contribution in [3.8, 4) is 5.75 Å². The van der Waals surface area contributed by atoms with Gasteiger partial charge in [0.2, 0.25) is 0 Å². The van der Waals surface area contributed by atoms with E-state index in [0.717, 1.165) is 12.1 Å². The molecule has 0 bridgehead atoms. The first kappa shape index (κ1) is 17.9. The van der Waals surface area contributed by atoms with Gasteiger partial charge in [-0.3, -0.25) is 4.79 Å². The maximum Gasteiger partial charge on any atom is 0.260 e. The number of rotatable bonds is 7. The van der Waals surface area contributed by atoms with Crippen LogP contribution in [0.15, 0.2) is 34.9 Å². The third-order valence-electron chi connectivity index (χ3n) is 3.78. The van der Waals surface area contributed by atoms with Gasteiger partial charge >= 0.3 is 0 Å². The van der Waals surface area contributed by atoms with Crippen molar-refractivity contribution in [3.05, 3.63) is 53.5 Å².